The molecule has 5 nitrogen and oxygen atoms in total. The van der Waals surface area contributed by atoms with Crippen molar-refractivity contribution in [1.82, 2.24) is 4.90 Å². The second-order valence-electron chi connectivity index (χ2n) is 6.96. The molecule has 1 N–H and O–H groups in total. The van der Waals surface area contributed by atoms with Crippen molar-refractivity contribution in [2.24, 2.45) is 0 Å². The van der Waals surface area contributed by atoms with E-state index in [1.165, 1.54) is 31.0 Å². The molecule has 0 unspecified atom stereocenters. The fourth-order valence-electron chi connectivity index (χ4n) is 3.73. The van der Waals surface area contributed by atoms with Crippen molar-refractivity contribution in [2.75, 3.05) is 12.4 Å². The van der Waals surface area contributed by atoms with Crippen LogP contribution in [0, 0.1) is 0 Å². The van der Waals surface area contributed by atoms with Gasteiger partial charge in [0.2, 0.25) is 5.91 Å². The molecule has 2 aromatic carbocycles. The Morgan fingerprint density at radius 1 is 0.962 bits per heavy atom. The fourth-order valence-corrected chi connectivity index (χ4v) is 3.73. The molecule has 132 valence electrons. The van der Waals surface area contributed by atoms with Gasteiger partial charge in [0.15, 0.2) is 0 Å². The van der Waals surface area contributed by atoms with E-state index in [0.29, 0.717) is 16.8 Å². The lowest BCUT2D eigenvalue weighted by atomic mass is 9.90. The van der Waals surface area contributed by atoms with Crippen LogP contribution in [0.5, 0.6) is 0 Å². The van der Waals surface area contributed by atoms with Gasteiger partial charge in [-0.1, -0.05) is 18.2 Å². The Kier molecular flexibility index (Phi) is 4.07. The van der Waals surface area contributed by atoms with Crippen LogP contribution in [0.15, 0.2) is 36.4 Å². The molecule has 0 saturated carbocycles. The largest absolute Gasteiger partial charge is 0.326 e. The minimum atomic E-state index is -0.337. The van der Waals surface area contributed by atoms with Crippen molar-refractivity contribution in [3.63, 3.8) is 0 Å². The molecule has 3 amide bonds. The SMILES string of the molecule is CN1C(=O)c2ccc(NC(=O)Cc3ccc4c(c3)CCCC4)cc2C1=O. The molecule has 4 rings (SSSR count). The van der Waals surface area contributed by atoms with Crippen molar-refractivity contribution in [2.45, 2.75) is 32.1 Å². The summed E-state index contributed by atoms with van der Waals surface area (Å²) < 4.78 is 0. The summed E-state index contributed by atoms with van der Waals surface area (Å²) in [5, 5.41) is 2.83. The van der Waals surface area contributed by atoms with Crippen LogP contribution in [0.1, 0.15) is 50.2 Å². The van der Waals surface area contributed by atoms with Gasteiger partial charge in [-0.2, -0.15) is 0 Å². The van der Waals surface area contributed by atoms with Gasteiger partial charge >= 0.3 is 0 Å². The molecule has 5 heteroatoms. The molecule has 1 aliphatic heterocycles. The molecule has 0 atom stereocenters. The highest BCUT2D eigenvalue weighted by Crippen LogP contribution is 2.25. The fraction of sp³-hybridized carbons (Fsp3) is 0.286. The number of rotatable bonds is 3. The minimum Gasteiger partial charge on any atom is -0.326 e. The zero-order valence-corrected chi connectivity index (χ0v) is 14.7. The number of benzene rings is 2. The molecule has 0 spiro atoms. The lowest BCUT2D eigenvalue weighted by molar-refractivity contribution is -0.115. The van der Waals surface area contributed by atoms with Crippen LogP contribution in [-0.2, 0) is 24.1 Å². The van der Waals surface area contributed by atoms with Gasteiger partial charge in [-0.25, -0.2) is 0 Å². The molecule has 2 aliphatic rings. The Bertz CT molecular complexity index is 933. The first-order valence-corrected chi connectivity index (χ1v) is 8.90. The number of fused-ring (bicyclic) bond motifs is 2. The smallest absolute Gasteiger partial charge is 0.261 e. The van der Waals surface area contributed by atoms with Gasteiger partial charge in [-0.15, -0.1) is 0 Å². The van der Waals surface area contributed by atoms with E-state index in [1.807, 2.05) is 6.07 Å². The van der Waals surface area contributed by atoms with E-state index in [9.17, 15) is 14.4 Å². The second kappa shape index (κ2) is 6.41. The van der Waals surface area contributed by atoms with E-state index in [0.717, 1.165) is 23.3 Å². The van der Waals surface area contributed by atoms with Crippen LogP contribution >= 0.6 is 0 Å². The molecule has 0 radical (unpaired) electrons. The number of hydrogen-bond acceptors (Lipinski definition) is 3. The van der Waals surface area contributed by atoms with Crippen LogP contribution < -0.4 is 5.32 Å². The number of carbonyl (C=O) groups is 3. The van der Waals surface area contributed by atoms with Gasteiger partial charge in [0.1, 0.15) is 0 Å². The second-order valence-corrected chi connectivity index (χ2v) is 6.96. The Hall–Kier alpha value is -2.95. The average molecular weight is 348 g/mol. The Morgan fingerprint density at radius 3 is 2.50 bits per heavy atom. The maximum absolute atomic E-state index is 12.4. The summed E-state index contributed by atoms with van der Waals surface area (Å²) in [5.41, 5.74) is 4.99. The maximum Gasteiger partial charge on any atom is 0.261 e. The summed E-state index contributed by atoms with van der Waals surface area (Å²) in [6, 6.07) is 11.1. The molecule has 0 aromatic heterocycles. The zero-order chi connectivity index (χ0) is 18.3. The van der Waals surface area contributed by atoms with Gasteiger partial charge in [-0.3, -0.25) is 19.3 Å². The van der Waals surface area contributed by atoms with Crippen LogP contribution in [0.25, 0.3) is 0 Å². The average Bonchev–Trinajstić information content (AvgIpc) is 2.85. The summed E-state index contributed by atoms with van der Waals surface area (Å²) in [4.78, 5) is 37.5. The lowest BCUT2D eigenvalue weighted by Crippen LogP contribution is -2.24. The Labute approximate surface area is 152 Å². The summed E-state index contributed by atoms with van der Waals surface area (Å²) in [7, 11) is 1.46. The molecular weight excluding hydrogens is 328 g/mol. The molecule has 26 heavy (non-hydrogen) atoms. The van der Waals surface area contributed by atoms with Crippen molar-refractivity contribution in [1.29, 1.82) is 0 Å². The van der Waals surface area contributed by atoms with Crippen molar-refractivity contribution < 1.29 is 14.4 Å². The molecule has 0 saturated heterocycles. The van der Waals surface area contributed by atoms with Gasteiger partial charge < -0.3 is 5.32 Å². The number of aryl methyl sites for hydroxylation is 2. The minimum absolute atomic E-state index is 0.133. The molecule has 2 aromatic rings. The zero-order valence-electron chi connectivity index (χ0n) is 14.7. The molecule has 1 aliphatic carbocycles. The molecule has 0 bridgehead atoms. The van der Waals surface area contributed by atoms with Crippen molar-refractivity contribution >= 4 is 23.4 Å². The molecular formula is C21H20N2O3. The van der Waals surface area contributed by atoms with E-state index in [1.54, 1.807) is 18.2 Å². The summed E-state index contributed by atoms with van der Waals surface area (Å²) in [5.74, 6) is -0.779. The Balaban J connectivity index is 1.48. The van der Waals surface area contributed by atoms with Gasteiger partial charge in [0.25, 0.3) is 11.8 Å². The number of imide groups is 1. The number of hydrogen-bond donors (Lipinski definition) is 1. The van der Waals surface area contributed by atoms with Gasteiger partial charge in [-0.05, 0) is 60.6 Å². The summed E-state index contributed by atoms with van der Waals surface area (Å²) >= 11 is 0. The van der Waals surface area contributed by atoms with E-state index in [2.05, 4.69) is 17.4 Å². The highest BCUT2D eigenvalue weighted by Gasteiger charge is 2.32. The number of anilines is 1. The quantitative estimate of drug-likeness (QED) is 0.867. The first-order valence-electron chi connectivity index (χ1n) is 8.90. The van der Waals surface area contributed by atoms with E-state index in [4.69, 9.17) is 0 Å². The lowest BCUT2D eigenvalue weighted by Gasteiger charge is -2.16. The van der Waals surface area contributed by atoms with Crippen molar-refractivity contribution in [3.8, 4) is 0 Å². The normalized spacial score (nSPS) is 15.7. The third kappa shape index (κ3) is 2.90. The van der Waals surface area contributed by atoms with E-state index >= 15 is 0 Å². The Morgan fingerprint density at radius 2 is 1.69 bits per heavy atom. The van der Waals surface area contributed by atoms with Crippen LogP contribution in [-0.4, -0.2) is 29.7 Å². The van der Waals surface area contributed by atoms with Crippen LogP contribution in [0.4, 0.5) is 5.69 Å². The van der Waals surface area contributed by atoms with Gasteiger partial charge in [0, 0.05) is 12.7 Å². The molecule has 1 heterocycles. The highest BCUT2D eigenvalue weighted by molar-refractivity contribution is 6.21. The van der Waals surface area contributed by atoms with Crippen molar-refractivity contribution in [3.05, 3.63) is 64.2 Å². The predicted molar refractivity (Wildman–Crippen MR) is 98.3 cm³/mol. The predicted octanol–water partition coefficient (Wildman–Crippen LogP) is 2.97. The van der Waals surface area contributed by atoms with E-state index < -0.39 is 0 Å². The third-order valence-corrected chi connectivity index (χ3v) is 5.15. The monoisotopic (exact) mass is 348 g/mol. The number of carbonyl (C=O) groups excluding carboxylic acids is 3. The molecule has 0 fully saturated rings. The summed E-state index contributed by atoms with van der Waals surface area (Å²) in [6.07, 6.45) is 4.94. The standard InChI is InChI=1S/C21H20N2O3/c1-23-20(25)17-9-8-16(12-18(17)21(23)26)22-19(24)11-13-6-7-14-4-2-3-5-15(14)10-13/h6-10,12H,2-5,11H2,1H3,(H,22,24). The summed E-state index contributed by atoms with van der Waals surface area (Å²) in [6.45, 7) is 0. The number of nitrogens with zero attached hydrogens (tertiary/aromatic N) is 1. The topological polar surface area (TPSA) is 66.5 Å². The van der Waals surface area contributed by atoms with Gasteiger partial charge in [0.05, 0.1) is 17.5 Å². The number of nitrogens with one attached hydrogen (secondary N) is 1. The maximum atomic E-state index is 12.4. The van der Waals surface area contributed by atoms with Crippen LogP contribution in [0.2, 0.25) is 0 Å². The van der Waals surface area contributed by atoms with Crippen LogP contribution in [0.3, 0.4) is 0 Å². The number of amides is 3. The first-order chi connectivity index (χ1) is 12.5. The first kappa shape index (κ1) is 16.5. The highest BCUT2D eigenvalue weighted by atomic mass is 16.2. The van der Waals surface area contributed by atoms with E-state index in [-0.39, 0.29) is 24.1 Å². The third-order valence-electron chi connectivity index (χ3n) is 5.15.